The van der Waals surface area contributed by atoms with Gasteiger partial charge in [-0.1, -0.05) is 52.3 Å². The van der Waals surface area contributed by atoms with Crippen LogP contribution in [-0.2, 0) is 11.2 Å². The largest absolute Gasteiger partial charge is 0.372 e. The van der Waals surface area contributed by atoms with Gasteiger partial charge in [-0.15, -0.1) is 0 Å². The molecule has 0 saturated carbocycles. The van der Waals surface area contributed by atoms with Crippen LogP contribution in [0.4, 0.5) is 5.69 Å². The zero-order valence-electron chi connectivity index (χ0n) is 11.6. The van der Waals surface area contributed by atoms with Crippen molar-refractivity contribution >= 4 is 21.6 Å². The van der Waals surface area contributed by atoms with Gasteiger partial charge < -0.3 is 9.64 Å². The first-order valence-electron chi connectivity index (χ1n) is 6.90. The number of ether oxygens (including phenoxy) is 1. The molecule has 1 heterocycles. The van der Waals surface area contributed by atoms with E-state index in [0.29, 0.717) is 0 Å². The van der Waals surface area contributed by atoms with Crippen molar-refractivity contribution in [1.82, 2.24) is 0 Å². The van der Waals surface area contributed by atoms with Crippen LogP contribution < -0.4 is 4.90 Å². The number of likely N-dealkylation sites (N-methyl/N-ethyl adjacent to an activating group) is 1. The van der Waals surface area contributed by atoms with E-state index in [9.17, 15) is 0 Å². The first-order valence-corrected chi connectivity index (χ1v) is 7.69. The first kappa shape index (κ1) is 13.7. The zero-order chi connectivity index (χ0) is 13.9. The van der Waals surface area contributed by atoms with Crippen LogP contribution in [0.5, 0.6) is 0 Å². The summed E-state index contributed by atoms with van der Waals surface area (Å²) in [5.41, 5.74) is 3.89. The Hall–Kier alpha value is -1.32. The Labute approximate surface area is 128 Å². The summed E-state index contributed by atoms with van der Waals surface area (Å²) in [6, 6.07) is 17.0. The van der Waals surface area contributed by atoms with E-state index in [-0.39, 0.29) is 6.10 Å². The monoisotopic (exact) mass is 331 g/mol. The van der Waals surface area contributed by atoms with Crippen molar-refractivity contribution < 1.29 is 4.74 Å². The highest BCUT2D eigenvalue weighted by molar-refractivity contribution is 9.10. The first-order chi connectivity index (χ1) is 9.74. The average molecular weight is 332 g/mol. The molecule has 2 aromatic carbocycles. The molecule has 1 aliphatic rings. The minimum Gasteiger partial charge on any atom is -0.372 e. The van der Waals surface area contributed by atoms with E-state index in [1.807, 2.05) is 6.07 Å². The molecule has 0 radical (unpaired) electrons. The molecule has 1 unspecified atom stereocenters. The van der Waals surface area contributed by atoms with E-state index < -0.39 is 0 Å². The zero-order valence-corrected chi connectivity index (χ0v) is 13.1. The fraction of sp³-hybridized carbons (Fsp3) is 0.294. The Morgan fingerprint density at radius 3 is 2.75 bits per heavy atom. The molecular weight excluding hydrogens is 314 g/mol. The van der Waals surface area contributed by atoms with Gasteiger partial charge in [0.1, 0.15) is 0 Å². The standard InChI is InChI=1S/C17H18BrNO/c1-19-9-10-20-17(13-5-3-2-4-6-13)11-14-7-8-15(18)12-16(14)19/h2-8,12,17H,9-11H2,1H3. The summed E-state index contributed by atoms with van der Waals surface area (Å²) in [4.78, 5) is 2.27. The van der Waals surface area contributed by atoms with Crippen LogP contribution in [0.25, 0.3) is 0 Å². The number of anilines is 1. The summed E-state index contributed by atoms with van der Waals surface area (Å²) in [6.45, 7) is 1.66. The number of fused-ring (bicyclic) bond motifs is 1. The molecule has 0 spiro atoms. The van der Waals surface area contributed by atoms with Crippen LogP contribution in [0, 0.1) is 0 Å². The van der Waals surface area contributed by atoms with Gasteiger partial charge in [-0.25, -0.2) is 0 Å². The fourth-order valence-electron chi connectivity index (χ4n) is 2.66. The highest BCUT2D eigenvalue weighted by Gasteiger charge is 2.19. The van der Waals surface area contributed by atoms with Gasteiger partial charge in [-0.2, -0.15) is 0 Å². The lowest BCUT2D eigenvalue weighted by Gasteiger charge is -2.29. The van der Waals surface area contributed by atoms with Crippen LogP contribution in [0.15, 0.2) is 53.0 Å². The van der Waals surface area contributed by atoms with Crippen molar-refractivity contribution in [2.45, 2.75) is 12.5 Å². The van der Waals surface area contributed by atoms with E-state index in [2.05, 4.69) is 70.3 Å². The molecule has 0 bridgehead atoms. The second kappa shape index (κ2) is 5.98. The van der Waals surface area contributed by atoms with Gasteiger partial charge in [0.25, 0.3) is 0 Å². The minimum atomic E-state index is 0.143. The molecular formula is C17H18BrNO. The molecule has 2 aromatic rings. The van der Waals surface area contributed by atoms with Gasteiger partial charge in [0.15, 0.2) is 0 Å². The van der Waals surface area contributed by atoms with Gasteiger partial charge in [0.2, 0.25) is 0 Å². The van der Waals surface area contributed by atoms with Crippen LogP contribution in [0.2, 0.25) is 0 Å². The molecule has 0 aliphatic carbocycles. The van der Waals surface area contributed by atoms with E-state index in [1.54, 1.807) is 0 Å². The minimum absolute atomic E-state index is 0.143. The van der Waals surface area contributed by atoms with Crippen molar-refractivity contribution in [2.75, 3.05) is 25.1 Å². The number of halogens is 1. The maximum Gasteiger partial charge on any atom is 0.0866 e. The van der Waals surface area contributed by atoms with E-state index in [1.165, 1.54) is 16.8 Å². The lowest BCUT2D eigenvalue weighted by molar-refractivity contribution is 0.0560. The Bertz CT molecular complexity index is 585. The Morgan fingerprint density at radius 1 is 1.15 bits per heavy atom. The number of rotatable bonds is 1. The summed E-state index contributed by atoms with van der Waals surface area (Å²) < 4.78 is 7.20. The SMILES string of the molecule is CN1CCOC(c2ccccc2)Cc2ccc(Br)cc21. The van der Waals surface area contributed by atoms with Crippen LogP contribution in [0.1, 0.15) is 17.2 Å². The summed E-state index contributed by atoms with van der Waals surface area (Å²) >= 11 is 3.57. The van der Waals surface area contributed by atoms with Crippen LogP contribution in [0.3, 0.4) is 0 Å². The van der Waals surface area contributed by atoms with Gasteiger partial charge in [-0.05, 0) is 23.3 Å². The van der Waals surface area contributed by atoms with Gasteiger partial charge >= 0.3 is 0 Å². The molecule has 2 nitrogen and oxygen atoms in total. The fourth-order valence-corrected chi connectivity index (χ4v) is 3.01. The highest BCUT2D eigenvalue weighted by atomic mass is 79.9. The maximum atomic E-state index is 6.07. The van der Waals surface area contributed by atoms with Gasteiger partial charge in [0.05, 0.1) is 12.7 Å². The van der Waals surface area contributed by atoms with Crippen molar-refractivity contribution in [3.8, 4) is 0 Å². The van der Waals surface area contributed by atoms with Crippen molar-refractivity contribution in [1.29, 1.82) is 0 Å². The molecule has 0 fully saturated rings. The molecule has 104 valence electrons. The van der Waals surface area contributed by atoms with Gasteiger partial charge in [0, 0.05) is 30.2 Å². The molecule has 0 amide bonds. The quantitative estimate of drug-likeness (QED) is 0.776. The normalized spacial score (nSPS) is 19.1. The van der Waals surface area contributed by atoms with Crippen molar-refractivity contribution in [3.63, 3.8) is 0 Å². The van der Waals surface area contributed by atoms with Crippen LogP contribution in [-0.4, -0.2) is 20.2 Å². The lowest BCUT2D eigenvalue weighted by atomic mass is 9.99. The van der Waals surface area contributed by atoms with Gasteiger partial charge in [-0.3, -0.25) is 0 Å². The van der Waals surface area contributed by atoms with E-state index in [0.717, 1.165) is 24.0 Å². The highest BCUT2D eigenvalue weighted by Crippen LogP contribution is 2.31. The van der Waals surface area contributed by atoms with Crippen LogP contribution >= 0.6 is 15.9 Å². The molecule has 3 heteroatoms. The molecule has 0 saturated heterocycles. The number of nitrogens with zero attached hydrogens (tertiary/aromatic N) is 1. The Morgan fingerprint density at radius 2 is 1.95 bits per heavy atom. The topological polar surface area (TPSA) is 12.5 Å². The summed E-state index contributed by atoms with van der Waals surface area (Å²) in [5.74, 6) is 0. The second-order valence-electron chi connectivity index (χ2n) is 5.17. The van der Waals surface area contributed by atoms with Crippen molar-refractivity contribution in [3.05, 3.63) is 64.1 Å². The van der Waals surface area contributed by atoms with E-state index in [4.69, 9.17) is 4.74 Å². The number of hydrogen-bond acceptors (Lipinski definition) is 2. The predicted molar refractivity (Wildman–Crippen MR) is 86.3 cm³/mol. The smallest absolute Gasteiger partial charge is 0.0866 e. The summed E-state index contributed by atoms with van der Waals surface area (Å²) in [6.07, 6.45) is 1.06. The summed E-state index contributed by atoms with van der Waals surface area (Å²) in [7, 11) is 2.12. The predicted octanol–water partition coefficient (Wildman–Crippen LogP) is 4.20. The molecule has 0 N–H and O–H groups in total. The number of benzene rings is 2. The third kappa shape index (κ3) is 2.89. The molecule has 0 aromatic heterocycles. The third-order valence-electron chi connectivity index (χ3n) is 3.78. The Kier molecular flexibility index (Phi) is 4.08. The van der Waals surface area contributed by atoms with Crippen molar-refractivity contribution in [2.24, 2.45) is 0 Å². The lowest BCUT2D eigenvalue weighted by Crippen LogP contribution is -2.27. The summed E-state index contributed by atoms with van der Waals surface area (Å²) in [5, 5.41) is 0. The second-order valence-corrected chi connectivity index (χ2v) is 6.08. The number of hydrogen-bond donors (Lipinski definition) is 0. The third-order valence-corrected chi connectivity index (χ3v) is 4.27. The molecule has 1 aliphatic heterocycles. The molecule has 1 atom stereocenters. The maximum absolute atomic E-state index is 6.07. The Balaban J connectivity index is 1.95. The molecule has 3 rings (SSSR count). The average Bonchev–Trinajstić information content (AvgIpc) is 2.46. The van der Waals surface area contributed by atoms with E-state index >= 15 is 0 Å². The molecule has 20 heavy (non-hydrogen) atoms.